The Balaban J connectivity index is 2.45. The molecular formula is C13H12N4O2. The van der Waals surface area contributed by atoms with Gasteiger partial charge in [-0.05, 0) is 12.1 Å². The van der Waals surface area contributed by atoms with E-state index in [1.807, 2.05) is 28.7 Å². The number of nitrogens with zero attached hydrogens (tertiary/aromatic N) is 3. The fraction of sp³-hybridized carbons (Fsp3) is 0.154. The van der Waals surface area contributed by atoms with Gasteiger partial charge in [0.15, 0.2) is 5.69 Å². The minimum Gasteiger partial charge on any atom is -0.464 e. The fourth-order valence-corrected chi connectivity index (χ4v) is 2.15. The number of esters is 1. The summed E-state index contributed by atoms with van der Waals surface area (Å²) < 4.78 is 6.57. The molecule has 0 amide bonds. The Labute approximate surface area is 108 Å². The monoisotopic (exact) mass is 256 g/mol. The molecule has 3 rings (SSSR count). The fourth-order valence-electron chi connectivity index (χ4n) is 2.15. The third kappa shape index (κ3) is 1.65. The lowest BCUT2D eigenvalue weighted by Gasteiger charge is -2.03. The van der Waals surface area contributed by atoms with Crippen molar-refractivity contribution >= 4 is 22.5 Å². The van der Waals surface area contributed by atoms with Crippen molar-refractivity contribution in [3.05, 3.63) is 42.0 Å². The van der Waals surface area contributed by atoms with Gasteiger partial charge >= 0.3 is 5.97 Å². The van der Waals surface area contributed by atoms with Crippen molar-refractivity contribution in [3.8, 4) is 0 Å². The van der Waals surface area contributed by atoms with Crippen LogP contribution >= 0.6 is 0 Å². The average Bonchev–Trinajstić information content (AvgIpc) is 2.85. The number of imidazole rings is 1. The maximum Gasteiger partial charge on any atom is 0.358 e. The maximum atomic E-state index is 11.7. The van der Waals surface area contributed by atoms with Crippen LogP contribution in [0.3, 0.4) is 0 Å². The quantitative estimate of drug-likeness (QED) is 0.695. The minimum atomic E-state index is -0.491. The van der Waals surface area contributed by atoms with Gasteiger partial charge in [-0.3, -0.25) is 9.38 Å². The average molecular weight is 256 g/mol. The van der Waals surface area contributed by atoms with Gasteiger partial charge in [0.25, 0.3) is 0 Å². The summed E-state index contributed by atoms with van der Waals surface area (Å²) in [4.78, 5) is 20.3. The third-order valence-electron chi connectivity index (χ3n) is 2.99. The molecule has 0 aliphatic carbocycles. The highest BCUT2D eigenvalue weighted by Crippen LogP contribution is 2.20. The number of para-hydroxylation sites is 2. The van der Waals surface area contributed by atoms with Crippen molar-refractivity contribution in [3.63, 3.8) is 0 Å². The number of carbonyl (C=O) groups excluding carboxylic acids is 1. The topological polar surface area (TPSA) is 82.5 Å². The van der Waals surface area contributed by atoms with Crippen molar-refractivity contribution in [2.24, 2.45) is 5.73 Å². The molecule has 0 saturated carbocycles. The van der Waals surface area contributed by atoms with Crippen LogP contribution in [0.1, 0.15) is 16.3 Å². The number of hydrogen-bond acceptors (Lipinski definition) is 5. The maximum absolute atomic E-state index is 11.7. The normalized spacial score (nSPS) is 11.1. The van der Waals surface area contributed by atoms with Crippen LogP contribution in [0.25, 0.3) is 16.6 Å². The molecule has 0 aliphatic rings. The number of benzene rings is 1. The summed E-state index contributed by atoms with van der Waals surface area (Å²) in [5, 5.41) is 0. The van der Waals surface area contributed by atoms with Gasteiger partial charge in [0.1, 0.15) is 5.82 Å². The lowest BCUT2D eigenvalue weighted by atomic mass is 10.3. The van der Waals surface area contributed by atoms with E-state index in [9.17, 15) is 4.79 Å². The van der Waals surface area contributed by atoms with Crippen LogP contribution in [-0.4, -0.2) is 27.4 Å². The number of fused-ring (bicyclic) bond motifs is 3. The Kier molecular flexibility index (Phi) is 2.64. The highest BCUT2D eigenvalue weighted by Gasteiger charge is 2.19. The summed E-state index contributed by atoms with van der Waals surface area (Å²) in [6, 6.07) is 7.62. The van der Waals surface area contributed by atoms with E-state index >= 15 is 0 Å². The van der Waals surface area contributed by atoms with Crippen molar-refractivity contribution in [1.82, 2.24) is 14.4 Å². The van der Waals surface area contributed by atoms with E-state index in [4.69, 9.17) is 10.5 Å². The number of rotatable bonds is 2. The first-order valence-electron chi connectivity index (χ1n) is 5.79. The first-order valence-corrected chi connectivity index (χ1v) is 5.79. The Bertz CT molecular complexity index is 779. The van der Waals surface area contributed by atoms with E-state index in [1.54, 1.807) is 6.20 Å². The molecule has 0 unspecified atom stereocenters. The second-order valence-corrected chi connectivity index (χ2v) is 4.04. The Morgan fingerprint density at radius 2 is 2.16 bits per heavy atom. The first kappa shape index (κ1) is 11.6. The second-order valence-electron chi connectivity index (χ2n) is 4.04. The molecule has 6 nitrogen and oxygen atoms in total. The van der Waals surface area contributed by atoms with E-state index in [2.05, 4.69) is 9.97 Å². The van der Waals surface area contributed by atoms with Crippen LogP contribution in [0, 0.1) is 0 Å². The molecule has 19 heavy (non-hydrogen) atoms. The van der Waals surface area contributed by atoms with Crippen molar-refractivity contribution in [1.29, 1.82) is 0 Å². The van der Waals surface area contributed by atoms with E-state index < -0.39 is 5.97 Å². The zero-order chi connectivity index (χ0) is 13.4. The van der Waals surface area contributed by atoms with Crippen molar-refractivity contribution in [2.45, 2.75) is 6.54 Å². The summed E-state index contributed by atoms with van der Waals surface area (Å²) >= 11 is 0. The van der Waals surface area contributed by atoms with Gasteiger partial charge in [-0.1, -0.05) is 12.1 Å². The lowest BCUT2D eigenvalue weighted by molar-refractivity contribution is 0.0597. The molecule has 0 saturated heterocycles. The molecule has 96 valence electrons. The van der Waals surface area contributed by atoms with Gasteiger partial charge in [-0.2, -0.15) is 0 Å². The number of nitrogens with two attached hydrogens (primary N) is 1. The third-order valence-corrected chi connectivity index (χ3v) is 2.99. The zero-order valence-corrected chi connectivity index (χ0v) is 10.3. The smallest absolute Gasteiger partial charge is 0.358 e. The SMILES string of the molecule is COC(=O)c1nc(CN)n2c1cnc1ccccc12. The Hall–Kier alpha value is -2.47. The predicted octanol–water partition coefficient (Wildman–Crippen LogP) is 1.13. The van der Waals surface area contributed by atoms with Gasteiger partial charge in [0.05, 0.1) is 36.4 Å². The number of methoxy groups -OCH3 is 1. The lowest BCUT2D eigenvalue weighted by Crippen LogP contribution is -2.04. The highest BCUT2D eigenvalue weighted by atomic mass is 16.5. The van der Waals surface area contributed by atoms with Gasteiger partial charge < -0.3 is 10.5 Å². The van der Waals surface area contributed by atoms with E-state index in [0.29, 0.717) is 11.3 Å². The Morgan fingerprint density at radius 1 is 1.37 bits per heavy atom. The molecule has 0 bridgehead atoms. The van der Waals surface area contributed by atoms with Crippen LogP contribution in [0.5, 0.6) is 0 Å². The first-order chi connectivity index (χ1) is 9.26. The molecule has 3 aromatic rings. The largest absolute Gasteiger partial charge is 0.464 e. The highest BCUT2D eigenvalue weighted by molar-refractivity contribution is 5.96. The molecule has 0 radical (unpaired) electrons. The molecule has 1 aromatic carbocycles. The molecule has 0 spiro atoms. The molecule has 2 aromatic heterocycles. The zero-order valence-electron chi connectivity index (χ0n) is 10.3. The molecular weight excluding hydrogens is 244 g/mol. The van der Waals surface area contributed by atoms with Crippen molar-refractivity contribution in [2.75, 3.05) is 7.11 Å². The summed E-state index contributed by atoms with van der Waals surface area (Å²) in [7, 11) is 1.32. The number of ether oxygens (including phenoxy) is 1. The molecule has 6 heteroatoms. The molecule has 2 heterocycles. The molecule has 2 N–H and O–H groups in total. The summed E-state index contributed by atoms with van der Waals surface area (Å²) in [5.41, 5.74) is 8.23. The minimum absolute atomic E-state index is 0.228. The van der Waals surface area contributed by atoms with Gasteiger partial charge in [0.2, 0.25) is 0 Å². The molecule has 0 fully saturated rings. The van der Waals surface area contributed by atoms with Gasteiger partial charge in [-0.15, -0.1) is 0 Å². The van der Waals surface area contributed by atoms with E-state index in [1.165, 1.54) is 7.11 Å². The van der Waals surface area contributed by atoms with Crippen LogP contribution in [0.2, 0.25) is 0 Å². The summed E-state index contributed by atoms with van der Waals surface area (Å²) in [6.07, 6.45) is 1.61. The second kappa shape index (κ2) is 4.33. The number of carbonyl (C=O) groups is 1. The number of aromatic nitrogens is 3. The molecule has 0 aliphatic heterocycles. The van der Waals surface area contributed by atoms with Gasteiger partial charge in [0, 0.05) is 0 Å². The van der Waals surface area contributed by atoms with E-state index in [0.717, 1.165) is 11.0 Å². The molecule has 0 atom stereocenters. The van der Waals surface area contributed by atoms with Crippen molar-refractivity contribution < 1.29 is 9.53 Å². The van der Waals surface area contributed by atoms with Crippen LogP contribution in [-0.2, 0) is 11.3 Å². The van der Waals surface area contributed by atoms with Crippen LogP contribution in [0.15, 0.2) is 30.5 Å². The van der Waals surface area contributed by atoms with Crippen LogP contribution < -0.4 is 5.73 Å². The Morgan fingerprint density at radius 3 is 2.89 bits per heavy atom. The van der Waals surface area contributed by atoms with Crippen LogP contribution in [0.4, 0.5) is 0 Å². The predicted molar refractivity (Wildman–Crippen MR) is 69.7 cm³/mol. The summed E-state index contributed by atoms with van der Waals surface area (Å²) in [5.74, 6) is 0.114. The van der Waals surface area contributed by atoms with Gasteiger partial charge in [-0.25, -0.2) is 9.78 Å². The standard InChI is InChI=1S/C13H12N4O2/c1-19-13(18)12-10-7-15-8-4-2-3-5-9(8)17(10)11(6-14)16-12/h2-5,7H,6,14H2,1H3. The van der Waals surface area contributed by atoms with E-state index in [-0.39, 0.29) is 12.2 Å². The summed E-state index contributed by atoms with van der Waals surface area (Å²) in [6.45, 7) is 0.228. The number of hydrogen-bond donors (Lipinski definition) is 1.